The highest BCUT2D eigenvalue weighted by Gasteiger charge is 2.45. The fraction of sp³-hybridized carbons (Fsp3) is 0.448. The lowest BCUT2D eigenvalue weighted by molar-refractivity contribution is -0.136. The minimum atomic E-state index is -3.82. The molecule has 4 amide bonds. The second kappa shape index (κ2) is 10.3. The molecule has 0 radical (unpaired) electrons. The van der Waals surface area contributed by atoms with E-state index in [1.165, 1.54) is 0 Å². The van der Waals surface area contributed by atoms with Crippen LogP contribution in [0.4, 0.5) is 5.69 Å². The van der Waals surface area contributed by atoms with Gasteiger partial charge in [0.25, 0.3) is 21.9 Å². The molecule has 6 rings (SSSR count). The minimum absolute atomic E-state index is 0.0795. The van der Waals surface area contributed by atoms with Crippen molar-refractivity contribution in [3.63, 3.8) is 0 Å². The average Bonchev–Trinajstić information content (AvgIpc) is 3.15. The number of hydrogen-bond donors (Lipinski definition) is 1. The molecule has 1 N–H and O–H groups in total. The summed E-state index contributed by atoms with van der Waals surface area (Å²) in [7, 11) is -3.82. The molecule has 41 heavy (non-hydrogen) atoms. The first-order valence-corrected chi connectivity index (χ1v) is 15.3. The number of imide groups is 2. The molecule has 2 aromatic rings. The lowest BCUT2D eigenvalue weighted by atomic mass is 9.98. The molecule has 4 aliphatic heterocycles. The SMILES string of the molecule is Cc1ccc(S(=O)(=O)OC2CN(C3CCN(c4ccc5c(c4)C(=O)N(C4CCC(=O)NC4=O)C5=O)CC3)C2)c(C)c1. The Morgan fingerprint density at radius 2 is 1.59 bits per heavy atom. The number of nitrogens with zero attached hydrogens (tertiary/aromatic N) is 3. The van der Waals surface area contributed by atoms with Gasteiger partial charge in [0.1, 0.15) is 12.1 Å². The zero-order valence-electron chi connectivity index (χ0n) is 23.0. The summed E-state index contributed by atoms with van der Waals surface area (Å²) in [4.78, 5) is 55.6. The molecule has 4 heterocycles. The largest absolute Gasteiger partial charge is 0.371 e. The molecular weight excluding hydrogens is 548 g/mol. The Morgan fingerprint density at radius 3 is 2.27 bits per heavy atom. The van der Waals surface area contributed by atoms with Crippen molar-refractivity contribution < 1.29 is 31.8 Å². The van der Waals surface area contributed by atoms with Gasteiger partial charge >= 0.3 is 0 Å². The molecule has 0 bridgehead atoms. The lowest BCUT2D eigenvalue weighted by Crippen LogP contribution is -2.59. The summed E-state index contributed by atoms with van der Waals surface area (Å²) in [6.45, 7) is 6.28. The van der Waals surface area contributed by atoms with Gasteiger partial charge in [-0.3, -0.25) is 38.5 Å². The van der Waals surface area contributed by atoms with Crippen molar-refractivity contribution in [2.45, 2.75) is 62.6 Å². The summed E-state index contributed by atoms with van der Waals surface area (Å²) in [5.41, 5.74) is 3.04. The number of hydrogen-bond acceptors (Lipinski definition) is 9. The molecule has 3 saturated heterocycles. The molecule has 216 valence electrons. The highest BCUT2D eigenvalue weighted by Crippen LogP contribution is 2.33. The molecule has 0 aliphatic carbocycles. The van der Waals surface area contributed by atoms with Crippen LogP contribution in [-0.2, 0) is 23.9 Å². The fourth-order valence-electron chi connectivity index (χ4n) is 6.28. The maximum absolute atomic E-state index is 13.2. The van der Waals surface area contributed by atoms with Gasteiger partial charge in [-0.05, 0) is 62.9 Å². The Hall–Kier alpha value is -3.61. The van der Waals surface area contributed by atoms with Gasteiger partial charge < -0.3 is 4.90 Å². The number of benzene rings is 2. The van der Waals surface area contributed by atoms with Gasteiger partial charge in [0, 0.05) is 44.3 Å². The average molecular weight is 581 g/mol. The molecule has 4 aliphatic rings. The number of anilines is 1. The lowest BCUT2D eigenvalue weighted by Gasteiger charge is -2.46. The van der Waals surface area contributed by atoms with E-state index in [1.54, 1.807) is 31.2 Å². The number of rotatable bonds is 6. The van der Waals surface area contributed by atoms with Crippen LogP contribution >= 0.6 is 0 Å². The number of fused-ring (bicyclic) bond motifs is 1. The molecule has 1 unspecified atom stereocenters. The van der Waals surface area contributed by atoms with Crippen molar-refractivity contribution >= 4 is 39.4 Å². The first-order valence-electron chi connectivity index (χ1n) is 13.9. The highest BCUT2D eigenvalue weighted by molar-refractivity contribution is 7.86. The van der Waals surface area contributed by atoms with Crippen molar-refractivity contribution in [3.05, 3.63) is 58.7 Å². The van der Waals surface area contributed by atoms with Crippen LogP contribution in [0, 0.1) is 13.8 Å². The van der Waals surface area contributed by atoms with Crippen molar-refractivity contribution in [1.29, 1.82) is 0 Å². The van der Waals surface area contributed by atoms with Crippen LogP contribution in [0.15, 0.2) is 41.3 Å². The third-order valence-corrected chi connectivity index (χ3v) is 10.0. The number of carbonyl (C=O) groups excluding carboxylic acids is 4. The molecule has 12 heteroatoms. The van der Waals surface area contributed by atoms with E-state index in [0.717, 1.165) is 42.1 Å². The van der Waals surface area contributed by atoms with Crippen LogP contribution in [0.1, 0.15) is 57.5 Å². The molecular formula is C29H32N4O7S. The molecule has 1 atom stereocenters. The summed E-state index contributed by atoms with van der Waals surface area (Å²) in [5.74, 6) is -2.06. The zero-order valence-corrected chi connectivity index (χ0v) is 23.8. The summed E-state index contributed by atoms with van der Waals surface area (Å²) in [5, 5.41) is 2.21. The van der Waals surface area contributed by atoms with Gasteiger partial charge in [0.05, 0.1) is 16.0 Å². The number of amides is 4. The highest BCUT2D eigenvalue weighted by atomic mass is 32.2. The number of aryl methyl sites for hydroxylation is 2. The van der Waals surface area contributed by atoms with Gasteiger partial charge in [0.2, 0.25) is 11.8 Å². The Kier molecular flexibility index (Phi) is 6.95. The van der Waals surface area contributed by atoms with Crippen molar-refractivity contribution in [1.82, 2.24) is 15.1 Å². The van der Waals surface area contributed by atoms with E-state index in [-0.39, 0.29) is 35.0 Å². The topological polar surface area (TPSA) is 133 Å². The Morgan fingerprint density at radius 1 is 0.878 bits per heavy atom. The van der Waals surface area contributed by atoms with Crippen molar-refractivity contribution in [2.24, 2.45) is 0 Å². The summed E-state index contributed by atoms with van der Waals surface area (Å²) >= 11 is 0. The van der Waals surface area contributed by atoms with E-state index >= 15 is 0 Å². The van der Waals surface area contributed by atoms with E-state index < -0.39 is 39.8 Å². The Labute approximate surface area is 238 Å². The van der Waals surface area contributed by atoms with E-state index in [9.17, 15) is 27.6 Å². The van der Waals surface area contributed by atoms with E-state index in [1.807, 2.05) is 19.1 Å². The summed E-state index contributed by atoms with van der Waals surface area (Å²) in [6, 6.07) is 9.69. The van der Waals surface area contributed by atoms with Crippen molar-refractivity contribution in [3.8, 4) is 0 Å². The van der Waals surface area contributed by atoms with Gasteiger partial charge in [0.15, 0.2) is 0 Å². The second-order valence-electron chi connectivity index (χ2n) is 11.3. The van der Waals surface area contributed by atoms with Gasteiger partial charge in [-0.15, -0.1) is 0 Å². The summed E-state index contributed by atoms with van der Waals surface area (Å²) in [6.07, 6.45) is 1.56. The molecule has 0 spiro atoms. The first-order chi connectivity index (χ1) is 19.5. The van der Waals surface area contributed by atoms with Crippen LogP contribution in [0.3, 0.4) is 0 Å². The fourth-order valence-corrected chi connectivity index (χ4v) is 7.56. The minimum Gasteiger partial charge on any atom is -0.371 e. The number of nitrogens with one attached hydrogen (secondary N) is 1. The third-order valence-electron chi connectivity index (χ3n) is 8.51. The Balaban J connectivity index is 1.04. The quantitative estimate of drug-likeness (QED) is 0.401. The monoisotopic (exact) mass is 580 g/mol. The zero-order chi connectivity index (χ0) is 29.1. The Bertz CT molecular complexity index is 1560. The van der Waals surface area contributed by atoms with Gasteiger partial charge in [-0.1, -0.05) is 17.7 Å². The molecule has 2 aromatic carbocycles. The van der Waals surface area contributed by atoms with Crippen LogP contribution in [-0.4, -0.2) is 86.2 Å². The normalized spacial score (nSPS) is 22.6. The van der Waals surface area contributed by atoms with Gasteiger partial charge in [-0.25, -0.2) is 0 Å². The van der Waals surface area contributed by atoms with Crippen LogP contribution in [0.25, 0.3) is 0 Å². The van der Waals surface area contributed by atoms with E-state index in [0.29, 0.717) is 24.7 Å². The van der Waals surface area contributed by atoms with Crippen molar-refractivity contribution in [2.75, 3.05) is 31.1 Å². The standard InChI is InChI=1S/C29H32N4O7S/c1-17-3-7-25(18(2)13-17)41(38,39)40-21-15-32(16-21)19-9-11-31(12-10-19)20-4-5-22-23(14-20)29(37)33(28(22)36)24-6-8-26(34)30-27(24)35/h3-5,7,13-14,19,21,24H,6,8-12,15-16H2,1-2H3,(H,30,34,35). The number of likely N-dealkylation sites (tertiary alicyclic amines) is 1. The number of carbonyl (C=O) groups is 4. The molecule has 0 saturated carbocycles. The molecule has 0 aromatic heterocycles. The molecule has 11 nitrogen and oxygen atoms in total. The summed E-state index contributed by atoms with van der Waals surface area (Å²) < 4.78 is 31.1. The maximum atomic E-state index is 13.2. The first kappa shape index (κ1) is 27.6. The van der Waals surface area contributed by atoms with Crippen LogP contribution in [0.2, 0.25) is 0 Å². The molecule has 3 fully saturated rings. The van der Waals surface area contributed by atoms with Crippen LogP contribution in [0.5, 0.6) is 0 Å². The van der Waals surface area contributed by atoms with Gasteiger partial charge in [-0.2, -0.15) is 8.42 Å². The number of piperidine rings is 2. The predicted octanol–water partition coefficient (Wildman–Crippen LogP) is 1.76. The van der Waals surface area contributed by atoms with Crippen LogP contribution < -0.4 is 10.2 Å². The smallest absolute Gasteiger partial charge is 0.297 e. The second-order valence-corrected chi connectivity index (χ2v) is 12.8. The van der Waals surface area contributed by atoms with E-state index in [4.69, 9.17) is 4.18 Å². The predicted molar refractivity (Wildman–Crippen MR) is 148 cm³/mol. The van der Waals surface area contributed by atoms with E-state index in [2.05, 4.69) is 15.1 Å². The maximum Gasteiger partial charge on any atom is 0.297 e. The third kappa shape index (κ3) is 5.04.